The Balaban J connectivity index is 1.89. The molecule has 24 heavy (non-hydrogen) atoms. The number of carboxylic acid groups (broad SMARTS) is 1. The van der Waals surface area contributed by atoms with E-state index in [-0.39, 0.29) is 6.79 Å². The summed E-state index contributed by atoms with van der Waals surface area (Å²) in [7, 11) is 1.62. The van der Waals surface area contributed by atoms with Gasteiger partial charge in [0.2, 0.25) is 6.79 Å². The van der Waals surface area contributed by atoms with Crippen LogP contribution < -0.4 is 14.2 Å². The topological polar surface area (TPSA) is 65.0 Å². The number of carbonyl (C=O) groups is 1. The zero-order chi connectivity index (χ0) is 17.1. The fraction of sp³-hybridized carbons (Fsp3) is 0.316. The number of hydrogen-bond acceptors (Lipinski definition) is 4. The molecule has 2 aromatic rings. The number of benzene rings is 2. The van der Waals surface area contributed by atoms with E-state index in [1.165, 1.54) is 0 Å². The van der Waals surface area contributed by atoms with Gasteiger partial charge in [-0.2, -0.15) is 0 Å². The molecule has 3 rings (SSSR count). The van der Waals surface area contributed by atoms with Gasteiger partial charge in [-0.05, 0) is 47.7 Å². The van der Waals surface area contributed by atoms with Crippen molar-refractivity contribution in [3.05, 3.63) is 53.1 Å². The average Bonchev–Trinajstić information content (AvgIpc) is 3.06. The van der Waals surface area contributed by atoms with E-state index in [2.05, 4.69) is 0 Å². The number of aryl methyl sites for hydroxylation is 1. The third kappa shape index (κ3) is 3.15. The largest absolute Gasteiger partial charge is 0.496 e. The minimum absolute atomic E-state index is 0.208. The van der Waals surface area contributed by atoms with Gasteiger partial charge >= 0.3 is 5.97 Å². The van der Waals surface area contributed by atoms with Crippen LogP contribution in [-0.2, 0) is 17.6 Å². The van der Waals surface area contributed by atoms with Crippen molar-refractivity contribution in [1.29, 1.82) is 0 Å². The minimum Gasteiger partial charge on any atom is -0.496 e. The van der Waals surface area contributed by atoms with Crippen LogP contribution in [-0.4, -0.2) is 25.0 Å². The Morgan fingerprint density at radius 1 is 1.21 bits per heavy atom. The van der Waals surface area contributed by atoms with Crippen LogP contribution in [0.5, 0.6) is 17.2 Å². The van der Waals surface area contributed by atoms with Crippen molar-refractivity contribution >= 4 is 5.97 Å². The van der Waals surface area contributed by atoms with Gasteiger partial charge in [0.25, 0.3) is 0 Å². The lowest BCUT2D eigenvalue weighted by Gasteiger charge is -2.16. The summed E-state index contributed by atoms with van der Waals surface area (Å²) in [5.41, 5.74) is 2.69. The summed E-state index contributed by atoms with van der Waals surface area (Å²) in [5, 5.41) is 9.68. The van der Waals surface area contributed by atoms with Gasteiger partial charge in [-0.15, -0.1) is 0 Å². The van der Waals surface area contributed by atoms with E-state index in [0.717, 1.165) is 28.9 Å². The third-order valence-corrected chi connectivity index (χ3v) is 4.26. The number of methoxy groups -OCH3 is 1. The van der Waals surface area contributed by atoms with Crippen molar-refractivity contribution in [2.45, 2.75) is 25.7 Å². The number of aliphatic carboxylic acids is 1. The molecule has 1 aliphatic rings. The molecule has 1 heterocycles. The Kier molecular flexibility index (Phi) is 4.60. The van der Waals surface area contributed by atoms with E-state index in [9.17, 15) is 9.90 Å². The van der Waals surface area contributed by atoms with Gasteiger partial charge in [0.15, 0.2) is 11.5 Å². The fourth-order valence-electron chi connectivity index (χ4n) is 2.94. The first kappa shape index (κ1) is 16.2. The Bertz CT molecular complexity index is 753. The molecule has 0 aliphatic carbocycles. The number of hydrogen-bond donors (Lipinski definition) is 1. The first-order valence-corrected chi connectivity index (χ1v) is 7.90. The maximum absolute atomic E-state index is 11.8. The summed E-state index contributed by atoms with van der Waals surface area (Å²) in [6.07, 6.45) is 1.18. The van der Waals surface area contributed by atoms with Crippen LogP contribution >= 0.6 is 0 Å². The lowest BCUT2D eigenvalue weighted by molar-refractivity contribution is -0.138. The summed E-state index contributed by atoms with van der Waals surface area (Å²) in [6.45, 7) is 2.23. The fourth-order valence-corrected chi connectivity index (χ4v) is 2.94. The van der Waals surface area contributed by atoms with Gasteiger partial charge in [-0.25, -0.2) is 0 Å². The Morgan fingerprint density at radius 2 is 2.00 bits per heavy atom. The summed E-state index contributed by atoms with van der Waals surface area (Å²) >= 11 is 0. The van der Waals surface area contributed by atoms with Crippen LogP contribution in [0.15, 0.2) is 36.4 Å². The molecule has 0 saturated heterocycles. The van der Waals surface area contributed by atoms with E-state index in [0.29, 0.717) is 17.9 Å². The van der Waals surface area contributed by atoms with Crippen molar-refractivity contribution in [3.63, 3.8) is 0 Å². The smallest absolute Gasteiger partial charge is 0.311 e. The molecule has 1 atom stereocenters. The molecule has 5 heteroatoms. The summed E-state index contributed by atoms with van der Waals surface area (Å²) < 4.78 is 16.0. The van der Waals surface area contributed by atoms with Gasteiger partial charge in [0, 0.05) is 0 Å². The van der Waals surface area contributed by atoms with E-state index < -0.39 is 11.9 Å². The Labute approximate surface area is 140 Å². The van der Waals surface area contributed by atoms with Crippen LogP contribution in [0.2, 0.25) is 0 Å². The highest BCUT2D eigenvalue weighted by Gasteiger charge is 2.23. The highest BCUT2D eigenvalue weighted by Crippen LogP contribution is 2.34. The van der Waals surface area contributed by atoms with Gasteiger partial charge in [0.05, 0.1) is 13.0 Å². The first-order chi connectivity index (χ1) is 11.6. The highest BCUT2D eigenvalue weighted by molar-refractivity contribution is 5.77. The average molecular weight is 328 g/mol. The molecule has 1 unspecified atom stereocenters. The zero-order valence-electron chi connectivity index (χ0n) is 13.7. The molecule has 0 aromatic heterocycles. The molecule has 1 N–H and O–H groups in total. The molecular weight excluding hydrogens is 308 g/mol. The predicted molar refractivity (Wildman–Crippen MR) is 89.0 cm³/mol. The zero-order valence-corrected chi connectivity index (χ0v) is 13.7. The maximum atomic E-state index is 11.8. The lowest BCUT2D eigenvalue weighted by atomic mass is 9.90. The van der Waals surface area contributed by atoms with E-state index in [4.69, 9.17) is 14.2 Å². The second-order valence-electron chi connectivity index (χ2n) is 5.71. The summed E-state index contributed by atoms with van der Waals surface area (Å²) in [5.74, 6) is 0.680. The molecule has 0 fully saturated rings. The van der Waals surface area contributed by atoms with Gasteiger partial charge < -0.3 is 19.3 Å². The standard InChI is InChI=1S/C19H20O5/c1-3-13-10-14(5-7-16(13)22-2)15(19(20)21)8-12-4-6-17-18(9-12)24-11-23-17/h4-7,9-10,15H,3,8,11H2,1-2H3,(H,20,21). The monoisotopic (exact) mass is 328 g/mol. The molecule has 126 valence electrons. The first-order valence-electron chi connectivity index (χ1n) is 7.90. The molecule has 1 aliphatic heterocycles. The molecule has 2 aromatic carbocycles. The Hall–Kier alpha value is -2.69. The molecule has 0 amide bonds. The molecule has 0 saturated carbocycles. The van der Waals surface area contributed by atoms with Crippen molar-refractivity contribution < 1.29 is 24.1 Å². The maximum Gasteiger partial charge on any atom is 0.311 e. The number of carboxylic acids is 1. The Morgan fingerprint density at radius 3 is 2.71 bits per heavy atom. The lowest BCUT2D eigenvalue weighted by Crippen LogP contribution is -2.15. The van der Waals surface area contributed by atoms with E-state index >= 15 is 0 Å². The summed E-state index contributed by atoms with van der Waals surface area (Å²) in [4.78, 5) is 11.8. The molecule has 0 bridgehead atoms. The number of ether oxygens (including phenoxy) is 3. The normalized spacial score (nSPS) is 13.6. The van der Waals surface area contributed by atoms with Crippen LogP contribution in [0.4, 0.5) is 0 Å². The van der Waals surface area contributed by atoms with Crippen molar-refractivity contribution in [2.24, 2.45) is 0 Å². The molecule has 0 radical (unpaired) electrons. The highest BCUT2D eigenvalue weighted by atomic mass is 16.7. The van der Waals surface area contributed by atoms with Crippen molar-refractivity contribution in [3.8, 4) is 17.2 Å². The molecule has 0 spiro atoms. The van der Waals surface area contributed by atoms with Crippen LogP contribution in [0.25, 0.3) is 0 Å². The second-order valence-corrected chi connectivity index (χ2v) is 5.71. The molecular formula is C19H20O5. The quantitative estimate of drug-likeness (QED) is 0.880. The SMILES string of the molecule is CCc1cc(C(Cc2ccc3c(c2)OCO3)C(=O)O)ccc1OC. The predicted octanol–water partition coefficient (Wildman–Crippen LogP) is 3.40. The number of fused-ring (bicyclic) bond motifs is 1. The molecule has 5 nitrogen and oxygen atoms in total. The van der Waals surface area contributed by atoms with Gasteiger partial charge in [-0.3, -0.25) is 4.79 Å². The van der Waals surface area contributed by atoms with Crippen LogP contribution in [0.3, 0.4) is 0 Å². The second kappa shape index (κ2) is 6.83. The van der Waals surface area contributed by atoms with Crippen molar-refractivity contribution in [1.82, 2.24) is 0 Å². The van der Waals surface area contributed by atoms with Crippen LogP contribution in [0, 0.1) is 0 Å². The van der Waals surface area contributed by atoms with E-state index in [1.807, 2.05) is 43.3 Å². The number of rotatable bonds is 6. The summed E-state index contributed by atoms with van der Waals surface area (Å²) in [6, 6.07) is 11.1. The van der Waals surface area contributed by atoms with Crippen LogP contribution in [0.1, 0.15) is 29.5 Å². The van der Waals surface area contributed by atoms with Gasteiger partial charge in [-0.1, -0.05) is 25.1 Å². The van der Waals surface area contributed by atoms with Gasteiger partial charge in [0.1, 0.15) is 5.75 Å². The minimum atomic E-state index is -0.847. The third-order valence-electron chi connectivity index (χ3n) is 4.26. The van der Waals surface area contributed by atoms with E-state index in [1.54, 1.807) is 7.11 Å². The van der Waals surface area contributed by atoms with Crippen molar-refractivity contribution in [2.75, 3.05) is 13.9 Å².